The molecule has 32 heavy (non-hydrogen) atoms. The number of nitrogens with one attached hydrogen (secondary N) is 3. The van der Waals surface area contributed by atoms with Gasteiger partial charge in [0.15, 0.2) is 0 Å². The third-order valence-corrected chi connectivity index (χ3v) is 7.22. The Bertz CT molecular complexity index is 1060. The summed E-state index contributed by atoms with van der Waals surface area (Å²) in [5, 5.41) is 12.9. The lowest BCUT2D eigenvalue weighted by atomic mass is 10.0. The van der Waals surface area contributed by atoms with E-state index in [1.165, 1.54) is 23.8 Å². The van der Waals surface area contributed by atoms with E-state index in [0.29, 0.717) is 23.9 Å². The fourth-order valence-electron chi connectivity index (χ4n) is 5.28. The molecule has 2 bridgehead atoms. The molecule has 0 saturated carbocycles. The summed E-state index contributed by atoms with van der Waals surface area (Å²) in [5.41, 5.74) is 2.36. The van der Waals surface area contributed by atoms with Crippen molar-refractivity contribution in [2.45, 2.75) is 63.6 Å². The number of carbonyl (C=O) groups excluding carboxylic acids is 1. The number of rotatable bonds is 8. The van der Waals surface area contributed by atoms with Crippen LogP contribution in [0.5, 0.6) is 0 Å². The summed E-state index contributed by atoms with van der Waals surface area (Å²) in [6.07, 6.45) is 8.41. The Morgan fingerprint density at radius 1 is 1.22 bits per heavy atom. The Hall–Kier alpha value is -2.87. The third-order valence-electron chi connectivity index (χ3n) is 7.22. The van der Waals surface area contributed by atoms with E-state index in [-0.39, 0.29) is 11.9 Å². The molecule has 1 aromatic carbocycles. The maximum atomic E-state index is 13.0. The first-order chi connectivity index (χ1) is 15.6. The van der Waals surface area contributed by atoms with Gasteiger partial charge >= 0.3 is 0 Å². The molecule has 2 fully saturated rings. The van der Waals surface area contributed by atoms with Crippen molar-refractivity contribution in [3.8, 4) is 0 Å². The van der Waals surface area contributed by atoms with Crippen molar-refractivity contribution >= 4 is 22.8 Å². The molecule has 170 valence electrons. The number of unbranched alkanes of at least 4 members (excludes halogenated alkanes) is 1. The third kappa shape index (κ3) is 4.11. The van der Waals surface area contributed by atoms with Gasteiger partial charge in [0.05, 0.1) is 0 Å². The number of hydrogen-bond donors (Lipinski definition) is 3. The van der Waals surface area contributed by atoms with Gasteiger partial charge in [-0.25, -0.2) is 0 Å². The average molecular weight is 436 g/mol. The highest BCUT2D eigenvalue weighted by molar-refractivity contribution is 5.91. The molecule has 2 aliphatic rings. The normalized spacial score (nSPS) is 21.9. The van der Waals surface area contributed by atoms with E-state index < -0.39 is 0 Å². The number of nitrogens with zero attached hydrogens (tertiary/aromatic N) is 4. The minimum absolute atomic E-state index is 0.0506. The topological polar surface area (TPSA) is 92.9 Å². The molecule has 0 spiro atoms. The zero-order valence-corrected chi connectivity index (χ0v) is 19.0. The van der Waals surface area contributed by atoms with E-state index in [0.717, 1.165) is 44.3 Å². The highest BCUT2D eigenvalue weighted by Gasteiger charge is 2.38. The van der Waals surface area contributed by atoms with Crippen LogP contribution in [0.15, 0.2) is 30.5 Å². The standard InChI is InChI=1S/C24H33N7O/c1-3-4-7-17(12-16-13-25-21-9-6-5-8-20(16)21)26-23(32)22-27-24(29-28-22)31-14-18-10-11-19(15-31)30(18)2/h5-6,8-9,13,17-19,25H,3-4,7,10-12,14-15H2,1-2H3,(H,26,32)(H,27,28,29). The van der Waals surface area contributed by atoms with Gasteiger partial charge in [0.25, 0.3) is 5.91 Å². The van der Waals surface area contributed by atoms with Crippen LogP contribution in [0, 0.1) is 0 Å². The Morgan fingerprint density at radius 3 is 2.78 bits per heavy atom. The highest BCUT2D eigenvalue weighted by atomic mass is 16.2. The van der Waals surface area contributed by atoms with Gasteiger partial charge in [-0.2, -0.15) is 0 Å². The molecule has 2 aromatic heterocycles. The minimum atomic E-state index is -0.179. The lowest BCUT2D eigenvalue weighted by molar-refractivity contribution is 0.0924. The lowest BCUT2D eigenvalue weighted by Crippen LogP contribution is -2.52. The monoisotopic (exact) mass is 435 g/mol. The Morgan fingerprint density at radius 2 is 2.00 bits per heavy atom. The maximum Gasteiger partial charge on any atom is 0.289 e. The molecule has 8 nitrogen and oxygen atoms in total. The predicted molar refractivity (Wildman–Crippen MR) is 126 cm³/mol. The van der Waals surface area contributed by atoms with Crippen LogP contribution in [0.1, 0.15) is 55.2 Å². The molecule has 1 amide bonds. The Balaban J connectivity index is 1.26. The molecule has 3 N–H and O–H groups in total. The molecule has 0 radical (unpaired) electrons. The number of likely N-dealkylation sites (N-methyl/N-ethyl adjacent to an activating group) is 1. The van der Waals surface area contributed by atoms with Crippen LogP contribution in [0.3, 0.4) is 0 Å². The first-order valence-corrected chi connectivity index (χ1v) is 11.9. The largest absolute Gasteiger partial charge is 0.361 e. The number of H-pyrrole nitrogens is 2. The van der Waals surface area contributed by atoms with Crippen molar-refractivity contribution in [2.75, 3.05) is 25.0 Å². The SMILES string of the molecule is CCCCC(Cc1c[nH]c2ccccc12)NC(=O)c1nnc(N2CC3CCC(C2)N3C)[nH]1. The molecule has 8 heteroatoms. The van der Waals surface area contributed by atoms with E-state index in [2.05, 4.69) is 73.6 Å². The van der Waals surface area contributed by atoms with Crippen molar-refractivity contribution in [3.63, 3.8) is 0 Å². The number of piperazine rings is 1. The summed E-state index contributed by atoms with van der Waals surface area (Å²) in [4.78, 5) is 24.3. The van der Waals surface area contributed by atoms with Gasteiger partial charge in [0, 0.05) is 48.3 Å². The number of aromatic amines is 2. The molecule has 5 rings (SSSR count). The van der Waals surface area contributed by atoms with Crippen molar-refractivity contribution in [2.24, 2.45) is 0 Å². The van der Waals surface area contributed by atoms with Crippen LogP contribution >= 0.6 is 0 Å². The number of carbonyl (C=O) groups is 1. The van der Waals surface area contributed by atoms with Gasteiger partial charge in [-0.3, -0.25) is 9.69 Å². The molecule has 4 heterocycles. The van der Waals surface area contributed by atoms with Crippen molar-refractivity contribution in [3.05, 3.63) is 41.9 Å². The van der Waals surface area contributed by atoms with E-state index in [1.807, 2.05) is 6.07 Å². The van der Waals surface area contributed by atoms with Crippen LogP contribution in [0.25, 0.3) is 10.9 Å². The van der Waals surface area contributed by atoms with Crippen molar-refractivity contribution in [1.29, 1.82) is 0 Å². The second kappa shape index (κ2) is 8.94. The van der Waals surface area contributed by atoms with Crippen LogP contribution < -0.4 is 10.2 Å². The van der Waals surface area contributed by atoms with Gasteiger partial charge in [-0.15, -0.1) is 10.2 Å². The predicted octanol–water partition coefficient (Wildman–Crippen LogP) is 3.10. The molecule has 3 atom stereocenters. The smallest absolute Gasteiger partial charge is 0.289 e. The maximum absolute atomic E-state index is 13.0. The molecule has 2 saturated heterocycles. The zero-order valence-electron chi connectivity index (χ0n) is 19.0. The number of aromatic nitrogens is 4. The second-order valence-electron chi connectivity index (χ2n) is 9.33. The van der Waals surface area contributed by atoms with Gasteiger partial charge in [0.2, 0.25) is 11.8 Å². The first-order valence-electron chi connectivity index (χ1n) is 11.9. The summed E-state index contributed by atoms with van der Waals surface area (Å²) in [6.45, 7) is 4.04. The number of fused-ring (bicyclic) bond motifs is 3. The molecular weight excluding hydrogens is 402 g/mol. The van der Waals surface area contributed by atoms with Crippen LogP contribution in [0.2, 0.25) is 0 Å². The zero-order chi connectivity index (χ0) is 22.1. The van der Waals surface area contributed by atoms with Crippen LogP contribution in [0.4, 0.5) is 5.95 Å². The number of anilines is 1. The molecule has 3 aromatic rings. The lowest BCUT2D eigenvalue weighted by Gasteiger charge is -2.38. The van der Waals surface area contributed by atoms with Crippen molar-refractivity contribution < 1.29 is 4.79 Å². The molecule has 3 unspecified atom stereocenters. The number of amides is 1. The van der Waals surface area contributed by atoms with Gasteiger partial charge in [-0.05, 0) is 44.4 Å². The highest BCUT2D eigenvalue weighted by Crippen LogP contribution is 2.30. The number of para-hydroxylation sites is 1. The average Bonchev–Trinajstić information content (AvgIpc) is 3.49. The summed E-state index contributed by atoms with van der Waals surface area (Å²) in [7, 11) is 2.21. The second-order valence-corrected chi connectivity index (χ2v) is 9.33. The Labute approximate surface area is 188 Å². The number of hydrogen-bond acceptors (Lipinski definition) is 5. The van der Waals surface area contributed by atoms with Crippen molar-refractivity contribution in [1.82, 2.24) is 30.4 Å². The van der Waals surface area contributed by atoms with Gasteiger partial charge in [-0.1, -0.05) is 38.0 Å². The number of benzene rings is 1. The molecule has 2 aliphatic heterocycles. The Kier molecular flexibility index (Phi) is 5.87. The molecule has 0 aliphatic carbocycles. The van der Waals surface area contributed by atoms with Crippen LogP contribution in [-0.4, -0.2) is 69.2 Å². The van der Waals surface area contributed by atoms with E-state index >= 15 is 0 Å². The van der Waals surface area contributed by atoms with Crippen LogP contribution in [-0.2, 0) is 6.42 Å². The minimum Gasteiger partial charge on any atom is -0.361 e. The summed E-state index contributed by atoms with van der Waals surface area (Å²) < 4.78 is 0. The van der Waals surface area contributed by atoms with Gasteiger partial charge in [0.1, 0.15) is 0 Å². The molecular formula is C24H33N7O. The fourth-order valence-corrected chi connectivity index (χ4v) is 5.28. The van der Waals surface area contributed by atoms with E-state index in [1.54, 1.807) is 0 Å². The summed E-state index contributed by atoms with van der Waals surface area (Å²) in [6, 6.07) is 9.47. The van der Waals surface area contributed by atoms with E-state index in [9.17, 15) is 4.79 Å². The first kappa shape index (κ1) is 21.0. The van der Waals surface area contributed by atoms with Gasteiger partial charge < -0.3 is 20.2 Å². The summed E-state index contributed by atoms with van der Waals surface area (Å²) in [5.74, 6) is 0.829. The quantitative estimate of drug-likeness (QED) is 0.506. The summed E-state index contributed by atoms with van der Waals surface area (Å²) >= 11 is 0. The fraction of sp³-hybridized carbons (Fsp3) is 0.542. The van der Waals surface area contributed by atoms with E-state index in [4.69, 9.17) is 0 Å².